The van der Waals surface area contributed by atoms with Crippen LogP contribution >= 0.6 is 11.3 Å². The van der Waals surface area contributed by atoms with Crippen LogP contribution in [0.2, 0.25) is 0 Å². The summed E-state index contributed by atoms with van der Waals surface area (Å²) in [6.07, 6.45) is 4.70. The van der Waals surface area contributed by atoms with Crippen molar-refractivity contribution in [2.45, 2.75) is 130 Å². The van der Waals surface area contributed by atoms with E-state index in [9.17, 15) is 34.5 Å². The minimum Gasteiger partial charge on any atom is -0.508 e. The first-order valence-electron chi connectivity index (χ1n) is 19.5. The molecule has 302 valence electrons. The second-order valence-corrected chi connectivity index (χ2v) is 16.1. The van der Waals surface area contributed by atoms with Gasteiger partial charge in [0.2, 0.25) is 11.8 Å². The van der Waals surface area contributed by atoms with Crippen LogP contribution in [-0.4, -0.2) is 105 Å². The summed E-state index contributed by atoms with van der Waals surface area (Å²) < 4.78 is 6.03. The SMILES string of the molecule is CCCCOCN(C(=O)C(NC(=O)C1CCCCN1C)C(C)CC)C(CC(O)c1nc(C(=O)NC(Cc2ccc(O)cc2)CC(C)C(=O)O)cs1)C(C)C. The van der Waals surface area contributed by atoms with Crippen molar-refractivity contribution < 1.29 is 39.2 Å². The molecule has 0 spiro atoms. The molecule has 0 bridgehead atoms. The zero-order chi connectivity index (χ0) is 39.9. The van der Waals surface area contributed by atoms with Gasteiger partial charge in [0.25, 0.3) is 5.91 Å². The molecule has 1 aromatic carbocycles. The number of nitrogens with one attached hydrogen (secondary N) is 2. The standard InChI is InChI=1S/C40H63N5O8S/c1-8-10-19-53-24-45(39(50)35(26(5)9-2)43-37(49)32-13-11-12-18-44(32)7)33(25(3)4)22-34(47)38-42-31(23-54-38)36(48)41-29(20-27(6)40(51)52)21-28-14-16-30(46)17-15-28/h14-17,23,25-27,29,32-35,46-47H,8-13,18-22,24H2,1-7H3,(H,41,48)(H,43,49)(H,51,52). The van der Waals surface area contributed by atoms with E-state index < -0.39 is 42.0 Å². The van der Waals surface area contributed by atoms with Gasteiger partial charge in [-0.05, 0) is 75.2 Å². The number of phenols is 1. The number of aromatic hydroxyl groups is 1. The second-order valence-electron chi connectivity index (χ2n) is 15.2. The first kappa shape index (κ1) is 44.8. The van der Waals surface area contributed by atoms with Gasteiger partial charge in [0.05, 0.1) is 12.0 Å². The third-order valence-electron chi connectivity index (χ3n) is 10.5. The predicted octanol–water partition coefficient (Wildman–Crippen LogP) is 5.37. The van der Waals surface area contributed by atoms with E-state index in [1.54, 1.807) is 29.3 Å². The fourth-order valence-corrected chi connectivity index (χ4v) is 7.58. The first-order chi connectivity index (χ1) is 25.7. The van der Waals surface area contributed by atoms with Crippen LogP contribution in [0.3, 0.4) is 0 Å². The Bertz CT molecular complexity index is 1490. The number of likely N-dealkylation sites (N-methyl/N-ethyl adjacent to an activating group) is 1. The van der Waals surface area contributed by atoms with Crippen LogP contribution in [-0.2, 0) is 25.5 Å². The van der Waals surface area contributed by atoms with Crippen LogP contribution in [0.1, 0.15) is 120 Å². The van der Waals surface area contributed by atoms with E-state index in [1.807, 2.05) is 39.6 Å². The predicted molar refractivity (Wildman–Crippen MR) is 209 cm³/mol. The number of nitrogens with zero attached hydrogens (tertiary/aromatic N) is 3. The van der Waals surface area contributed by atoms with Gasteiger partial charge in [-0.2, -0.15) is 0 Å². The van der Waals surface area contributed by atoms with Crippen molar-refractivity contribution in [3.05, 3.63) is 45.9 Å². The van der Waals surface area contributed by atoms with E-state index in [1.165, 1.54) is 12.1 Å². The number of rotatable bonds is 22. The molecule has 0 aliphatic carbocycles. The van der Waals surface area contributed by atoms with Crippen LogP contribution in [0.5, 0.6) is 5.75 Å². The smallest absolute Gasteiger partial charge is 0.306 e. The van der Waals surface area contributed by atoms with Gasteiger partial charge in [0.1, 0.15) is 35.3 Å². The summed E-state index contributed by atoms with van der Waals surface area (Å²) in [5.41, 5.74) is 0.913. The van der Waals surface area contributed by atoms with Gasteiger partial charge in [-0.15, -0.1) is 11.3 Å². The molecule has 7 atom stereocenters. The number of unbranched alkanes of at least 4 members (excludes halogenated alkanes) is 1. The number of likely N-dealkylation sites (tertiary alicyclic amines) is 1. The largest absolute Gasteiger partial charge is 0.508 e. The number of hydrogen-bond donors (Lipinski definition) is 5. The summed E-state index contributed by atoms with van der Waals surface area (Å²) in [7, 11) is 1.94. The Labute approximate surface area is 324 Å². The summed E-state index contributed by atoms with van der Waals surface area (Å²) >= 11 is 1.13. The maximum absolute atomic E-state index is 14.6. The molecule has 1 saturated heterocycles. The quantitative estimate of drug-likeness (QED) is 0.0772. The number of aromatic nitrogens is 1. The number of hydrogen-bond acceptors (Lipinski definition) is 10. The minimum atomic E-state index is -1.11. The first-order valence-corrected chi connectivity index (χ1v) is 20.4. The molecular formula is C40H63N5O8S. The van der Waals surface area contributed by atoms with E-state index in [0.717, 1.165) is 55.5 Å². The monoisotopic (exact) mass is 773 g/mol. The molecule has 1 aliphatic heterocycles. The van der Waals surface area contributed by atoms with Crippen molar-refractivity contribution in [2.75, 3.05) is 26.9 Å². The number of carboxylic acid groups (broad SMARTS) is 1. The van der Waals surface area contributed by atoms with Crippen molar-refractivity contribution in [3.63, 3.8) is 0 Å². The molecule has 54 heavy (non-hydrogen) atoms. The van der Waals surface area contributed by atoms with Gasteiger partial charge in [0, 0.05) is 30.5 Å². The number of aliphatic carboxylic acids is 1. The number of ether oxygens (including phenoxy) is 1. The third-order valence-corrected chi connectivity index (χ3v) is 11.4. The van der Waals surface area contributed by atoms with Crippen LogP contribution in [0, 0.1) is 17.8 Å². The number of benzene rings is 1. The van der Waals surface area contributed by atoms with Crippen LogP contribution in [0.25, 0.3) is 0 Å². The maximum atomic E-state index is 14.6. The Morgan fingerprint density at radius 1 is 1.06 bits per heavy atom. The fraction of sp³-hybridized carbons (Fsp3) is 0.675. The van der Waals surface area contributed by atoms with Gasteiger partial charge in [-0.3, -0.25) is 24.1 Å². The van der Waals surface area contributed by atoms with Gasteiger partial charge in [-0.25, -0.2) is 4.98 Å². The second kappa shape index (κ2) is 22.1. The van der Waals surface area contributed by atoms with E-state index in [-0.39, 0.29) is 60.7 Å². The highest BCUT2D eigenvalue weighted by Gasteiger charge is 2.38. The molecule has 3 rings (SSSR count). The highest BCUT2D eigenvalue weighted by molar-refractivity contribution is 7.09. The highest BCUT2D eigenvalue weighted by atomic mass is 32.1. The van der Waals surface area contributed by atoms with Gasteiger partial charge in [-0.1, -0.05) is 72.9 Å². The molecule has 1 aromatic heterocycles. The lowest BCUT2D eigenvalue weighted by atomic mass is 9.92. The zero-order valence-corrected chi connectivity index (χ0v) is 33.9. The third kappa shape index (κ3) is 13.3. The van der Waals surface area contributed by atoms with Crippen molar-refractivity contribution >= 4 is 35.0 Å². The van der Waals surface area contributed by atoms with Crippen LogP contribution in [0.4, 0.5) is 0 Å². The van der Waals surface area contributed by atoms with Crippen molar-refractivity contribution in [3.8, 4) is 5.75 Å². The summed E-state index contributed by atoms with van der Waals surface area (Å²) in [5.74, 6) is -2.74. The molecule has 0 saturated carbocycles. The zero-order valence-electron chi connectivity index (χ0n) is 33.1. The van der Waals surface area contributed by atoms with Crippen molar-refractivity contribution in [2.24, 2.45) is 17.8 Å². The maximum Gasteiger partial charge on any atom is 0.306 e. The molecule has 7 unspecified atom stereocenters. The average Bonchev–Trinajstić information content (AvgIpc) is 3.64. The molecule has 5 N–H and O–H groups in total. The lowest BCUT2D eigenvalue weighted by Gasteiger charge is -2.39. The van der Waals surface area contributed by atoms with Crippen molar-refractivity contribution in [1.82, 2.24) is 25.4 Å². The summed E-state index contributed by atoms with van der Waals surface area (Å²) in [6.45, 7) is 12.8. The van der Waals surface area contributed by atoms with Crippen LogP contribution in [0.15, 0.2) is 29.6 Å². The number of carbonyl (C=O) groups excluding carboxylic acids is 3. The molecule has 0 radical (unpaired) electrons. The highest BCUT2D eigenvalue weighted by Crippen LogP contribution is 2.29. The van der Waals surface area contributed by atoms with Gasteiger partial charge in [0.15, 0.2) is 0 Å². The average molecular weight is 774 g/mol. The number of thiazole rings is 1. The molecule has 2 heterocycles. The van der Waals surface area contributed by atoms with Crippen LogP contribution < -0.4 is 10.6 Å². The minimum absolute atomic E-state index is 0.00322. The van der Waals surface area contributed by atoms with E-state index in [0.29, 0.717) is 24.5 Å². The van der Waals surface area contributed by atoms with Gasteiger partial charge >= 0.3 is 5.97 Å². The fourth-order valence-electron chi connectivity index (χ4n) is 6.78. The number of carbonyl (C=O) groups is 4. The number of aliphatic hydroxyl groups excluding tert-OH is 1. The summed E-state index contributed by atoms with van der Waals surface area (Å²) in [4.78, 5) is 61.4. The molecule has 1 fully saturated rings. The van der Waals surface area contributed by atoms with E-state index >= 15 is 0 Å². The molecule has 14 heteroatoms. The Hall–Kier alpha value is -3.59. The molecule has 3 amide bonds. The summed E-state index contributed by atoms with van der Waals surface area (Å²) in [5, 5.41) is 38.7. The normalized spacial score (nSPS) is 18.3. The Kier molecular flexibility index (Phi) is 18.3. The Morgan fingerprint density at radius 3 is 2.37 bits per heavy atom. The lowest BCUT2D eigenvalue weighted by Crippen LogP contribution is -2.59. The summed E-state index contributed by atoms with van der Waals surface area (Å²) in [6, 6.07) is 4.43. The van der Waals surface area contributed by atoms with Gasteiger partial charge < -0.3 is 35.6 Å². The number of carboxylic acids is 1. The van der Waals surface area contributed by atoms with Crippen molar-refractivity contribution in [1.29, 1.82) is 0 Å². The van der Waals surface area contributed by atoms with E-state index in [2.05, 4.69) is 22.5 Å². The Morgan fingerprint density at radius 2 is 1.76 bits per heavy atom. The lowest BCUT2D eigenvalue weighted by molar-refractivity contribution is -0.149. The van der Waals surface area contributed by atoms with E-state index in [4.69, 9.17) is 4.74 Å². The number of aliphatic hydroxyl groups is 1. The topological polar surface area (TPSA) is 182 Å². The Balaban J connectivity index is 1.82. The molecular weight excluding hydrogens is 711 g/mol. The number of phenolic OH excluding ortho intramolecular Hbond substituents is 1. The molecule has 2 aromatic rings. The molecule has 1 aliphatic rings. The molecule has 13 nitrogen and oxygen atoms in total. The number of amides is 3. The number of piperidine rings is 1.